The van der Waals surface area contributed by atoms with E-state index < -0.39 is 11.8 Å². The van der Waals surface area contributed by atoms with Crippen LogP contribution in [-0.4, -0.2) is 22.6 Å². The lowest BCUT2D eigenvalue weighted by Gasteiger charge is -2.11. The van der Waals surface area contributed by atoms with E-state index in [1.54, 1.807) is 18.3 Å². The fourth-order valence-corrected chi connectivity index (χ4v) is 2.48. The maximum atomic E-state index is 11.7. The number of aryl methyl sites for hydroxylation is 1. The van der Waals surface area contributed by atoms with Crippen molar-refractivity contribution in [1.29, 1.82) is 0 Å². The second-order valence-corrected chi connectivity index (χ2v) is 6.29. The average molecular weight is 344 g/mol. The van der Waals surface area contributed by atoms with Crippen LogP contribution < -0.4 is 10.7 Å². The van der Waals surface area contributed by atoms with Crippen LogP contribution in [0.1, 0.15) is 36.6 Å². The van der Waals surface area contributed by atoms with Gasteiger partial charge in [0, 0.05) is 23.5 Å². The third-order valence-electron chi connectivity index (χ3n) is 3.74. The minimum absolute atomic E-state index is 0.152. The zero-order valence-corrected chi connectivity index (χ0v) is 15.0. The molecule has 25 heavy (non-hydrogen) atoms. The molecule has 2 aromatic rings. The predicted molar refractivity (Wildman–Crippen MR) is 95.0 cm³/mol. The molecule has 0 radical (unpaired) electrons. The molecule has 7 nitrogen and oxygen atoms in total. The van der Waals surface area contributed by atoms with Gasteiger partial charge in [0.25, 0.3) is 0 Å². The fourth-order valence-electron chi connectivity index (χ4n) is 2.48. The van der Waals surface area contributed by atoms with Gasteiger partial charge in [0.05, 0.1) is 19.0 Å². The van der Waals surface area contributed by atoms with Crippen molar-refractivity contribution in [3.8, 4) is 0 Å². The van der Waals surface area contributed by atoms with Crippen molar-refractivity contribution >= 4 is 18.0 Å². The molecule has 0 spiro atoms. The zero-order valence-electron chi connectivity index (χ0n) is 15.0. The van der Waals surface area contributed by atoms with Crippen molar-refractivity contribution in [1.82, 2.24) is 15.3 Å². The van der Waals surface area contributed by atoms with E-state index >= 15 is 0 Å². The Hall–Kier alpha value is -2.83. The summed E-state index contributed by atoms with van der Waals surface area (Å²) >= 11 is 0. The quantitative estimate of drug-likeness (QED) is 0.478. The molecular weight excluding hydrogens is 320 g/mol. The lowest BCUT2D eigenvalue weighted by atomic mass is 10.2. The molecular formula is C18H24N4O3. The first-order chi connectivity index (χ1) is 11.9. The SMILES string of the molecule is Cc1cc(/C=N/NC(=O)C(=O)NCc2ccco2)c(C)n1CC(C)C. The first-order valence-electron chi connectivity index (χ1n) is 8.18. The monoisotopic (exact) mass is 344 g/mol. The Balaban J connectivity index is 1.89. The number of nitrogens with zero attached hydrogens (tertiary/aromatic N) is 2. The highest BCUT2D eigenvalue weighted by atomic mass is 16.3. The molecule has 0 saturated carbocycles. The lowest BCUT2D eigenvalue weighted by molar-refractivity contribution is -0.139. The zero-order chi connectivity index (χ0) is 18.4. The van der Waals surface area contributed by atoms with Crippen LogP contribution in [0.5, 0.6) is 0 Å². The molecule has 0 atom stereocenters. The minimum Gasteiger partial charge on any atom is -0.467 e. The molecule has 2 heterocycles. The van der Waals surface area contributed by atoms with Crippen molar-refractivity contribution in [2.75, 3.05) is 0 Å². The number of carbonyl (C=O) groups excluding carboxylic acids is 2. The first kappa shape index (κ1) is 18.5. The van der Waals surface area contributed by atoms with Crippen LogP contribution in [0.2, 0.25) is 0 Å². The summed E-state index contributed by atoms with van der Waals surface area (Å²) in [6.07, 6.45) is 3.05. The van der Waals surface area contributed by atoms with Crippen molar-refractivity contribution in [2.24, 2.45) is 11.0 Å². The number of hydrazone groups is 1. The van der Waals surface area contributed by atoms with E-state index in [2.05, 4.69) is 34.3 Å². The summed E-state index contributed by atoms with van der Waals surface area (Å²) in [5.74, 6) is -0.480. The Morgan fingerprint density at radius 1 is 1.32 bits per heavy atom. The molecule has 7 heteroatoms. The standard InChI is InChI=1S/C18H24N4O3/c1-12(2)11-22-13(3)8-15(14(22)4)9-20-21-18(24)17(23)19-10-16-6-5-7-25-16/h5-9,12H,10-11H2,1-4H3,(H,19,23)(H,21,24)/b20-9+. The third-order valence-corrected chi connectivity index (χ3v) is 3.74. The molecule has 0 aliphatic heterocycles. The van der Waals surface area contributed by atoms with Crippen LogP contribution in [0.4, 0.5) is 0 Å². The summed E-state index contributed by atoms with van der Waals surface area (Å²) in [5.41, 5.74) is 5.36. The summed E-state index contributed by atoms with van der Waals surface area (Å²) < 4.78 is 7.29. The van der Waals surface area contributed by atoms with Gasteiger partial charge in [-0.2, -0.15) is 5.10 Å². The van der Waals surface area contributed by atoms with Crippen LogP contribution in [0.15, 0.2) is 34.0 Å². The highest BCUT2D eigenvalue weighted by Gasteiger charge is 2.13. The Morgan fingerprint density at radius 2 is 2.08 bits per heavy atom. The van der Waals surface area contributed by atoms with E-state index in [9.17, 15) is 9.59 Å². The number of furan rings is 1. The van der Waals surface area contributed by atoms with E-state index in [1.807, 2.05) is 19.9 Å². The van der Waals surface area contributed by atoms with Crippen LogP contribution in [0, 0.1) is 19.8 Å². The Morgan fingerprint density at radius 3 is 2.72 bits per heavy atom. The molecule has 0 aromatic carbocycles. The van der Waals surface area contributed by atoms with E-state index in [1.165, 1.54) is 6.26 Å². The highest BCUT2D eigenvalue weighted by Crippen LogP contribution is 2.15. The molecule has 2 N–H and O–H groups in total. The van der Waals surface area contributed by atoms with Crippen LogP contribution >= 0.6 is 0 Å². The van der Waals surface area contributed by atoms with Gasteiger partial charge in [0.1, 0.15) is 5.76 Å². The molecule has 0 bridgehead atoms. The number of rotatable bonds is 6. The van der Waals surface area contributed by atoms with Gasteiger partial charge in [-0.15, -0.1) is 0 Å². The molecule has 0 aliphatic carbocycles. The van der Waals surface area contributed by atoms with Crippen molar-refractivity contribution in [3.63, 3.8) is 0 Å². The largest absolute Gasteiger partial charge is 0.467 e. The van der Waals surface area contributed by atoms with Crippen LogP contribution in [0.25, 0.3) is 0 Å². The summed E-state index contributed by atoms with van der Waals surface area (Å²) in [6.45, 7) is 9.44. The topological polar surface area (TPSA) is 88.6 Å². The number of aromatic nitrogens is 1. The summed E-state index contributed by atoms with van der Waals surface area (Å²) in [6, 6.07) is 5.43. The summed E-state index contributed by atoms with van der Waals surface area (Å²) in [7, 11) is 0. The van der Waals surface area contributed by atoms with Gasteiger partial charge in [-0.05, 0) is 38.0 Å². The molecule has 0 aliphatic rings. The summed E-state index contributed by atoms with van der Waals surface area (Å²) in [4.78, 5) is 23.4. The van der Waals surface area contributed by atoms with E-state index in [-0.39, 0.29) is 6.54 Å². The average Bonchev–Trinajstić information content (AvgIpc) is 3.16. The number of nitrogens with one attached hydrogen (secondary N) is 2. The molecule has 2 aromatic heterocycles. The van der Waals surface area contributed by atoms with Crippen molar-refractivity contribution in [3.05, 3.63) is 47.2 Å². The lowest BCUT2D eigenvalue weighted by Crippen LogP contribution is -2.37. The molecule has 2 rings (SSSR count). The van der Waals surface area contributed by atoms with Gasteiger partial charge in [-0.25, -0.2) is 5.43 Å². The normalized spacial score (nSPS) is 11.2. The van der Waals surface area contributed by atoms with E-state index in [0.717, 1.165) is 23.5 Å². The Labute approximate surface area is 147 Å². The predicted octanol–water partition coefficient (Wildman–Crippen LogP) is 2.12. The summed E-state index contributed by atoms with van der Waals surface area (Å²) in [5, 5.41) is 6.34. The molecule has 134 valence electrons. The van der Waals surface area contributed by atoms with Gasteiger partial charge in [-0.1, -0.05) is 13.8 Å². The maximum absolute atomic E-state index is 11.7. The van der Waals surface area contributed by atoms with Gasteiger partial charge >= 0.3 is 11.8 Å². The van der Waals surface area contributed by atoms with Gasteiger partial charge < -0.3 is 14.3 Å². The molecule has 0 saturated heterocycles. The smallest absolute Gasteiger partial charge is 0.329 e. The van der Waals surface area contributed by atoms with E-state index in [4.69, 9.17) is 4.42 Å². The Bertz CT molecular complexity index is 758. The first-order valence-corrected chi connectivity index (χ1v) is 8.18. The second kappa shape index (κ2) is 8.32. The molecule has 0 unspecified atom stereocenters. The number of hydrogen-bond acceptors (Lipinski definition) is 4. The number of hydrogen-bond donors (Lipinski definition) is 2. The third kappa shape index (κ3) is 5.07. The highest BCUT2D eigenvalue weighted by molar-refractivity contribution is 6.35. The van der Waals surface area contributed by atoms with E-state index in [0.29, 0.717) is 11.7 Å². The molecule has 0 fully saturated rings. The fraction of sp³-hybridized carbons (Fsp3) is 0.389. The van der Waals surface area contributed by atoms with Crippen molar-refractivity contribution < 1.29 is 14.0 Å². The van der Waals surface area contributed by atoms with Crippen LogP contribution in [-0.2, 0) is 22.7 Å². The number of carbonyl (C=O) groups is 2. The molecule has 2 amide bonds. The Kier molecular flexibility index (Phi) is 6.16. The van der Waals surface area contributed by atoms with Gasteiger partial charge in [0.2, 0.25) is 0 Å². The maximum Gasteiger partial charge on any atom is 0.329 e. The second-order valence-electron chi connectivity index (χ2n) is 6.29. The van der Waals surface area contributed by atoms with Crippen molar-refractivity contribution in [2.45, 2.75) is 40.8 Å². The van der Waals surface area contributed by atoms with Crippen LogP contribution in [0.3, 0.4) is 0 Å². The number of amides is 2. The minimum atomic E-state index is -0.821. The van der Waals surface area contributed by atoms with Gasteiger partial charge in [0.15, 0.2) is 0 Å². The van der Waals surface area contributed by atoms with Gasteiger partial charge in [-0.3, -0.25) is 9.59 Å².